The molecule has 2 amide bonds. The minimum absolute atomic E-state index is 0.117. The van der Waals surface area contributed by atoms with Gasteiger partial charge in [-0.25, -0.2) is 0 Å². The third-order valence-corrected chi connectivity index (χ3v) is 3.10. The van der Waals surface area contributed by atoms with Crippen LogP contribution in [0.25, 0.3) is 0 Å². The van der Waals surface area contributed by atoms with Crippen LogP contribution in [0.1, 0.15) is 53.9 Å². The number of nitrogens with one attached hydrogen (secondary N) is 2. The molecule has 0 saturated heterocycles. The number of carbonyl (C=O) groups excluding carboxylic acids is 2. The second kappa shape index (κ2) is 4.67. The maximum Gasteiger partial charge on any atom is 0.236 e. The summed E-state index contributed by atoms with van der Waals surface area (Å²) < 4.78 is 0. The number of rotatable bonds is 4. The molecule has 1 saturated carbocycles. The van der Waals surface area contributed by atoms with E-state index in [4.69, 9.17) is 0 Å². The zero-order valence-corrected chi connectivity index (χ0v) is 11.5. The molecule has 4 nitrogen and oxygen atoms in total. The lowest BCUT2D eigenvalue weighted by atomic mass is 10.0. The molecule has 0 bridgehead atoms. The van der Waals surface area contributed by atoms with Crippen LogP contribution in [0, 0.1) is 5.41 Å². The molecule has 17 heavy (non-hydrogen) atoms. The second-order valence-corrected chi connectivity index (χ2v) is 6.07. The van der Waals surface area contributed by atoms with Crippen LogP contribution in [0.5, 0.6) is 0 Å². The van der Waals surface area contributed by atoms with E-state index in [1.54, 1.807) is 0 Å². The molecule has 0 aromatic rings. The highest BCUT2D eigenvalue weighted by atomic mass is 16.2. The van der Waals surface area contributed by atoms with Gasteiger partial charge in [0.2, 0.25) is 11.8 Å². The van der Waals surface area contributed by atoms with E-state index < -0.39 is 5.41 Å². The van der Waals surface area contributed by atoms with Crippen molar-refractivity contribution in [3.05, 3.63) is 0 Å². The van der Waals surface area contributed by atoms with Crippen molar-refractivity contribution >= 4 is 11.8 Å². The van der Waals surface area contributed by atoms with Gasteiger partial charge in [0.15, 0.2) is 0 Å². The average Bonchev–Trinajstić information content (AvgIpc) is 2.95. The molecule has 4 heteroatoms. The van der Waals surface area contributed by atoms with Gasteiger partial charge in [-0.15, -0.1) is 0 Å². The Bertz CT molecular complexity index is 314. The summed E-state index contributed by atoms with van der Waals surface area (Å²) in [5.41, 5.74) is -1.08. The summed E-state index contributed by atoms with van der Waals surface area (Å²) in [7, 11) is 0. The third-order valence-electron chi connectivity index (χ3n) is 3.10. The van der Waals surface area contributed by atoms with Crippen molar-refractivity contribution in [1.82, 2.24) is 10.6 Å². The Morgan fingerprint density at radius 2 is 1.76 bits per heavy atom. The molecule has 0 aromatic heterocycles. The van der Waals surface area contributed by atoms with Crippen LogP contribution in [-0.2, 0) is 9.59 Å². The van der Waals surface area contributed by atoms with Crippen LogP contribution in [0.2, 0.25) is 0 Å². The fraction of sp³-hybridized carbons (Fsp3) is 0.846. The molecule has 1 unspecified atom stereocenters. The smallest absolute Gasteiger partial charge is 0.236 e. The van der Waals surface area contributed by atoms with E-state index in [1.807, 2.05) is 34.6 Å². The van der Waals surface area contributed by atoms with Crippen LogP contribution in [0.3, 0.4) is 0 Å². The van der Waals surface area contributed by atoms with E-state index >= 15 is 0 Å². The molecule has 0 heterocycles. The molecule has 1 atom stereocenters. The Morgan fingerprint density at radius 3 is 2.12 bits per heavy atom. The van der Waals surface area contributed by atoms with Crippen molar-refractivity contribution in [2.45, 2.75) is 65.5 Å². The first kappa shape index (κ1) is 14.0. The standard InChI is InChI=1S/C13H24N2O2/c1-6-9(2)14-10(16)13(7-8-13)11(17)15-12(3,4)5/h9H,6-8H2,1-5H3,(H,14,16)(H,15,17). The second-order valence-electron chi connectivity index (χ2n) is 6.07. The Balaban J connectivity index is 2.63. The number of hydrogen-bond acceptors (Lipinski definition) is 2. The van der Waals surface area contributed by atoms with Crippen molar-refractivity contribution in [3.8, 4) is 0 Å². The van der Waals surface area contributed by atoms with Gasteiger partial charge in [0, 0.05) is 11.6 Å². The number of carbonyl (C=O) groups is 2. The van der Waals surface area contributed by atoms with Gasteiger partial charge in [-0.2, -0.15) is 0 Å². The lowest BCUT2D eigenvalue weighted by Crippen LogP contribution is -2.50. The number of hydrogen-bond donors (Lipinski definition) is 2. The Hall–Kier alpha value is -1.06. The van der Waals surface area contributed by atoms with Crippen molar-refractivity contribution < 1.29 is 9.59 Å². The predicted octanol–water partition coefficient (Wildman–Crippen LogP) is 1.60. The monoisotopic (exact) mass is 240 g/mol. The van der Waals surface area contributed by atoms with Crippen LogP contribution in [-0.4, -0.2) is 23.4 Å². The SMILES string of the molecule is CCC(C)NC(=O)C1(C(=O)NC(C)(C)C)CC1. The van der Waals surface area contributed by atoms with Crippen LogP contribution >= 0.6 is 0 Å². The Labute approximate surface area is 104 Å². The van der Waals surface area contributed by atoms with Crippen molar-refractivity contribution in [2.75, 3.05) is 0 Å². The van der Waals surface area contributed by atoms with Crippen LogP contribution in [0.15, 0.2) is 0 Å². The molecule has 2 N–H and O–H groups in total. The molecule has 0 aliphatic heterocycles. The Kier molecular flexibility index (Phi) is 3.84. The molecule has 1 aliphatic carbocycles. The van der Waals surface area contributed by atoms with Crippen molar-refractivity contribution in [1.29, 1.82) is 0 Å². The maximum absolute atomic E-state index is 12.1. The largest absolute Gasteiger partial charge is 0.353 e. The van der Waals surface area contributed by atoms with Gasteiger partial charge in [-0.05, 0) is 47.0 Å². The molecule has 1 aliphatic rings. The van der Waals surface area contributed by atoms with E-state index in [9.17, 15) is 9.59 Å². The summed E-state index contributed by atoms with van der Waals surface area (Å²) >= 11 is 0. The van der Waals surface area contributed by atoms with Gasteiger partial charge in [0.1, 0.15) is 5.41 Å². The third kappa shape index (κ3) is 3.45. The van der Waals surface area contributed by atoms with Gasteiger partial charge in [0.25, 0.3) is 0 Å². The number of amides is 2. The van der Waals surface area contributed by atoms with Gasteiger partial charge in [0.05, 0.1) is 0 Å². The first-order chi connectivity index (χ1) is 7.71. The predicted molar refractivity (Wildman–Crippen MR) is 67.5 cm³/mol. The van der Waals surface area contributed by atoms with E-state index in [0.29, 0.717) is 12.8 Å². The fourth-order valence-electron chi connectivity index (χ4n) is 1.61. The maximum atomic E-state index is 12.1. The first-order valence-electron chi connectivity index (χ1n) is 6.35. The quantitative estimate of drug-likeness (QED) is 0.733. The molecule has 0 aromatic carbocycles. The van der Waals surface area contributed by atoms with E-state index in [-0.39, 0.29) is 23.4 Å². The zero-order chi connectivity index (χ0) is 13.3. The molecular formula is C13H24N2O2. The van der Waals surface area contributed by atoms with Crippen LogP contribution in [0.4, 0.5) is 0 Å². The van der Waals surface area contributed by atoms with Gasteiger partial charge in [-0.1, -0.05) is 6.92 Å². The highest BCUT2D eigenvalue weighted by Crippen LogP contribution is 2.46. The molecule has 0 radical (unpaired) electrons. The van der Waals surface area contributed by atoms with E-state index in [2.05, 4.69) is 10.6 Å². The van der Waals surface area contributed by atoms with Crippen molar-refractivity contribution in [2.24, 2.45) is 5.41 Å². The summed E-state index contributed by atoms with van der Waals surface area (Å²) in [5, 5.41) is 5.79. The lowest BCUT2D eigenvalue weighted by molar-refractivity contribution is -0.138. The average molecular weight is 240 g/mol. The lowest BCUT2D eigenvalue weighted by Gasteiger charge is -2.25. The van der Waals surface area contributed by atoms with E-state index in [1.165, 1.54) is 0 Å². The fourth-order valence-corrected chi connectivity index (χ4v) is 1.61. The summed E-state index contributed by atoms with van der Waals surface area (Å²) in [6, 6.07) is 0.127. The molecular weight excluding hydrogens is 216 g/mol. The molecule has 1 fully saturated rings. The van der Waals surface area contributed by atoms with Gasteiger partial charge >= 0.3 is 0 Å². The van der Waals surface area contributed by atoms with Crippen LogP contribution < -0.4 is 10.6 Å². The van der Waals surface area contributed by atoms with Gasteiger partial charge in [-0.3, -0.25) is 9.59 Å². The minimum atomic E-state index is -0.795. The summed E-state index contributed by atoms with van der Waals surface area (Å²) in [6.07, 6.45) is 2.21. The first-order valence-corrected chi connectivity index (χ1v) is 6.35. The Morgan fingerprint density at radius 1 is 1.24 bits per heavy atom. The summed E-state index contributed by atoms with van der Waals surface area (Å²) in [6.45, 7) is 9.74. The zero-order valence-electron chi connectivity index (χ0n) is 11.5. The van der Waals surface area contributed by atoms with Gasteiger partial charge < -0.3 is 10.6 Å². The molecule has 0 spiro atoms. The molecule has 98 valence electrons. The minimum Gasteiger partial charge on any atom is -0.353 e. The summed E-state index contributed by atoms with van der Waals surface area (Å²) in [4.78, 5) is 24.1. The highest BCUT2D eigenvalue weighted by molar-refractivity contribution is 6.08. The topological polar surface area (TPSA) is 58.2 Å². The molecule has 1 rings (SSSR count). The van der Waals surface area contributed by atoms with Crippen molar-refractivity contribution in [3.63, 3.8) is 0 Å². The summed E-state index contributed by atoms with van der Waals surface area (Å²) in [5.74, 6) is -0.251. The highest BCUT2D eigenvalue weighted by Gasteiger charge is 2.57. The normalized spacial score (nSPS) is 19.4. The van der Waals surface area contributed by atoms with E-state index in [0.717, 1.165) is 6.42 Å².